The highest BCUT2D eigenvalue weighted by Crippen LogP contribution is 2.56. The Morgan fingerprint density at radius 1 is 0.839 bits per heavy atom. The highest BCUT2D eigenvalue weighted by molar-refractivity contribution is 5.86. The molecule has 5 heteroatoms. The highest BCUT2D eigenvalue weighted by Gasteiger charge is 2.69. The third-order valence-corrected chi connectivity index (χ3v) is 6.65. The van der Waals surface area contributed by atoms with Crippen LogP contribution in [0.15, 0.2) is 91.0 Å². The monoisotopic (exact) mass is 415 g/mol. The number of hydrogen-bond donors (Lipinski definition) is 1. The molecule has 0 radical (unpaired) electrons. The SMILES string of the molecule is CC12CC(c3ccccc3)(c3ccccc3)OOC1(O)CN(Cc1ccccc1)C2=O. The number of hydrogen-bond acceptors (Lipinski definition) is 4. The minimum atomic E-state index is -1.73. The van der Waals surface area contributed by atoms with Crippen molar-refractivity contribution in [3.05, 3.63) is 108 Å². The number of rotatable bonds is 4. The first-order valence-electron chi connectivity index (χ1n) is 10.5. The maximum atomic E-state index is 13.7. The highest BCUT2D eigenvalue weighted by atomic mass is 17.2. The minimum Gasteiger partial charge on any atom is -0.361 e. The fourth-order valence-electron chi connectivity index (χ4n) is 4.83. The summed E-state index contributed by atoms with van der Waals surface area (Å²) < 4.78 is 0. The molecule has 31 heavy (non-hydrogen) atoms. The molecule has 2 aliphatic rings. The second-order valence-electron chi connectivity index (χ2n) is 8.67. The lowest BCUT2D eigenvalue weighted by Crippen LogP contribution is -2.58. The Morgan fingerprint density at radius 3 is 1.90 bits per heavy atom. The fourth-order valence-corrected chi connectivity index (χ4v) is 4.83. The zero-order valence-corrected chi connectivity index (χ0v) is 17.4. The summed E-state index contributed by atoms with van der Waals surface area (Å²) in [6.45, 7) is 2.24. The molecule has 0 aliphatic carbocycles. The molecule has 0 spiro atoms. The molecule has 158 valence electrons. The van der Waals surface area contributed by atoms with E-state index >= 15 is 0 Å². The van der Waals surface area contributed by atoms with Gasteiger partial charge in [0, 0.05) is 13.0 Å². The van der Waals surface area contributed by atoms with Gasteiger partial charge < -0.3 is 10.0 Å². The van der Waals surface area contributed by atoms with Crippen molar-refractivity contribution in [2.24, 2.45) is 5.41 Å². The second-order valence-corrected chi connectivity index (χ2v) is 8.67. The Kier molecular flexibility index (Phi) is 4.70. The van der Waals surface area contributed by atoms with Crippen LogP contribution in [0.2, 0.25) is 0 Å². The summed E-state index contributed by atoms with van der Waals surface area (Å²) in [6.07, 6.45) is 0.259. The van der Waals surface area contributed by atoms with Crippen LogP contribution in [0.25, 0.3) is 0 Å². The van der Waals surface area contributed by atoms with Gasteiger partial charge in [0.2, 0.25) is 11.7 Å². The lowest BCUT2D eigenvalue weighted by Gasteiger charge is -2.48. The lowest BCUT2D eigenvalue weighted by molar-refractivity contribution is -0.500. The number of carbonyl (C=O) groups excluding carboxylic acids is 1. The average Bonchev–Trinajstić information content (AvgIpc) is 3.01. The number of fused-ring (bicyclic) bond motifs is 1. The molecule has 2 fully saturated rings. The molecule has 5 nitrogen and oxygen atoms in total. The maximum Gasteiger partial charge on any atom is 0.234 e. The Labute approximate surface area is 181 Å². The van der Waals surface area contributed by atoms with E-state index in [0.717, 1.165) is 16.7 Å². The van der Waals surface area contributed by atoms with Crippen molar-refractivity contribution in [1.82, 2.24) is 4.90 Å². The van der Waals surface area contributed by atoms with Gasteiger partial charge in [-0.1, -0.05) is 91.0 Å². The number of nitrogens with zero attached hydrogens (tertiary/aromatic N) is 1. The maximum absolute atomic E-state index is 13.7. The van der Waals surface area contributed by atoms with Gasteiger partial charge in [0.05, 0.1) is 6.54 Å². The third-order valence-electron chi connectivity index (χ3n) is 6.65. The van der Waals surface area contributed by atoms with Gasteiger partial charge in [-0.3, -0.25) is 4.79 Å². The number of likely N-dealkylation sites (tertiary alicyclic amines) is 1. The van der Waals surface area contributed by atoms with Crippen LogP contribution in [0.5, 0.6) is 0 Å². The zero-order chi connectivity index (χ0) is 21.5. The van der Waals surface area contributed by atoms with Crippen LogP contribution in [-0.2, 0) is 26.7 Å². The Balaban J connectivity index is 1.56. The summed E-state index contributed by atoms with van der Waals surface area (Å²) in [5.74, 6) is -1.87. The zero-order valence-electron chi connectivity index (χ0n) is 17.4. The molecule has 0 aromatic heterocycles. The molecule has 2 unspecified atom stereocenters. The van der Waals surface area contributed by atoms with E-state index in [-0.39, 0.29) is 18.9 Å². The predicted molar refractivity (Wildman–Crippen MR) is 115 cm³/mol. The quantitative estimate of drug-likeness (QED) is 0.654. The van der Waals surface area contributed by atoms with Crippen LogP contribution in [0.3, 0.4) is 0 Å². The number of aliphatic hydroxyl groups is 1. The van der Waals surface area contributed by atoms with Crippen molar-refractivity contribution >= 4 is 5.91 Å². The minimum absolute atomic E-state index is 0.0525. The molecule has 2 atom stereocenters. The number of β-amino-alcohol motifs (C(OH)–C–C–N with tert-alkyl or cyclic N) is 1. The molecule has 3 aromatic carbocycles. The normalized spacial score (nSPS) is 27.2. The van der Waals surface area contributed by atoms with Crippen molar-refractivity contribution < 1.29 is 19.7 Å². The first kappa shape index (κ1) is 19.9. The van der Waals surface area contributed by atoms with Gasteiger partial charge in [-0.05, 0) is 23.6 Å². The van der Waals surface area contributed by atoms with E-state index in [1.807, 2.05) is 91.0 Å². The standard InChI is InChI=1S/C26H25NO4/c1-24-18-25(21-13-7-3-8-14-21,22-15-9-4-10-16-22)30-31-26(24,29)19-27(23(24)28)17-20-11-5-2-6-12-20/h2-16,29H,17-19H2,1H3. The van der Waals surface area contributed by atoms with Crippen LogP contribution in [0, 0.1) is 5.41 Å². The lowest BCUT2D eigenvalue weighted by atomic mass is 9.68. The molecule has 1 N–H and O–H groups in total. The van der Waals surface area contributed by atoms with Gasteiger partial charge in [0.25, 0.3) is 0 Å². The summed E-state index contributed by atoms with van der Waals surface area (Å²) in [6, 6.07) is 29.2. The van der Waals surface area contributed by atoms with E-state index in [2.05, 4.69) is 0 Å². The van der Waals surface area contributed by atoms with Gasteiger partial charge in [-0.15, -0.1) is 0 Å². The molecule has 0 saturated carbocycles. The van der Waals surface area contributed by atoms with Crippen molar-refractivity contribution in [3.8, 4) is 0 Å². The van der Waals surface area contributed by atoms with Crippen molar-refractivity contribution in [1.29, 1.82) is 0 Å². The molecule has 1 amide bonds. The fraction of sp³-hybridized carbons (Fsp3) is 0.269. The molecular weight excluding hydrogens is 390 g/mol. The van der Waals surface area contributed by atoms with Crippen LogP contribution in [-0.4, -0.2) is 28.2 Å². The summed E-state index contributed by atoms with van der Waals surface area (Å²) in [5, 5.41) is 11.4. The Hall–Kier alpha value is -2.99. The molecular formula is C26H25NO4. The van der Waals surface area contributed by atoms with Gasteiger partial charge in [0.1, 0.15) is 5.41 Å². The van der Waals surface area contributed by atoms with E-state index in [1.54, 1.807) is 11.8 Å². The summed E-state index contributed by atoms with van der Waals surface area (Å²) in [5.41, 5.74) is 0.561. The Bertz CT molecular complexity index is 1030. The van der Waals surface area contributed by atoms with Gasteiger partial charge in [0.15, 0.2) is 5.60 Å². The van der Waals surface area contributed by atoms with E-state index < -0.39 is 16.8 Å². The van der Waals surface area contributed by atoms with Crippen LogP contribution < -0.4 is 0 Å². The van der Waals surface area contributed by atoms with E-state index in [1.165, 1.54) is 0 Å². The molecule has 2 heterocycles. The van der Waals surface area contributed by atoms with Crippen LogP contribution in [0.1, 0.15) is 30.0 Å². The molecule has 0 bridgehead atoms. The summed E-state index contributed by atoms with van der Waals surface area (Å²) >= 11 is 0. The first-order valence-corrected chi connectivity index (χ1v) is 10.5. The predicted octanol–water partition coefficient (Wildman–Crippen LogP) is 4.02. The second kappa shape index (κ2) is 7.31. The third kappa shape index (κ3) is 3.08. The molecule has 3 aromatic rings. The van der Waals surface area contributed by atoms with E-state index in [0.29, 0.717) is 6.54 Å². The van der Waals surface area contributed by atoms with Crippen molar-refractivity contribution in [2.75, 3.05) is 6.54 Å². The number of carbonyl (C=O) groups is 1. The summed E-state index contributed by atoms with van der Waals surface area (Å²) in [4.78, 5) is 27.1. The summed E-state index contributed by atoms with van der Waals surface area (Å²) in [7, 11) is 0. The van der Waals surface area contributed by atoms with Crippen molar-refractivity contribution in [2.45, 2.75) is 31.3 Å². The topological polar surface area (TPSA) is 59.0 Å². The van der Waals surface area contributed by atoms with E-state index in [9.17, 15) is 9.90 Å². The van der Waals surface area contributed by atoms with Crippen molar-refractivity contribution in [3.63, 3.8) is 0 Å². The van der Waals surface area contributed by atoms with E-state index in [4.69, 9.17) is 9.78 Å². The van der Waals surface area contributed by atoms with Crippen LogP contribution >= 0.6 is 0 Å². The van der Waals surface area contributed by atoms with Gasteiger partial charge >= 0.3 is 0 Å². The molecule has 2 saturated heterocycles. The Morgan fingerprint density at radius 2 is 1.35 bits per heavy atom. The largest absolute Gasteiger partial charge is 0.361 e. The first-order chi connectivity index (χ1) is 15.0. The number of benzene rings is 3. The number of amides is 1. The molecule has 2 aliphatic heterocycles. The molecule has 5 rings (SSSR count). The smallest absolute Gasteiger partial charge is 0.234 e. The van der Waals surface area contributed by atoms with Gasteiger partial charge in [-0.25, -0.2) is 4.89 Å². The van der Waals surface area contributed by atoms with Crippen LogP contribution in [0.4, 0.5) is 0 Å². The average molecular weight is 415 g/mol. The van der Waals surface area contributed by atoms with Gasteiger partial charge in [-0.2, -0.15) is 4.89 Å².